The Morgan fingerprint density at radius 3 is 3.10 bits per heavy atom. The highest BCUT2D eigenvalue weighted by atomic mass is 16.5. The van der Waals surface area contributed by atoms with Crippen LogP contribution >= 0.6 is 0 Å². The summed E-state index contributed by atoms with van der Waals surface area (Å²) in [7, 11) is 0. The van der Waals surface area contributed by atoms with E-state index in [2.05, 4.69) is 25.0 Å². The van der Waals surface area contributed by atoms with Crippen LogP contribution < -0.4 is 0 Å². The molecule has 7 heteroatoms. The van der Waals surface area contributed by atoms with E-state index < -0.39 is 0 Å². The van der Waals surface area contributed by atoms with Gasteiger partial charge in [-0.2, -0.15) is 4.98 Å². The number of ether oxygens (including phenoxy) is 1. The Morgan fingerprint density at radius 1 is 1.38 bits per heavy atom. The van der Waals surface area contributed by atoms with Gasteiger partial charge in [-0.05, 0) is 6.42 Å². The predicted octanol–water partition coefficient (Wildman–Crippen LogP) is 0.859. The summed E-state index contributed by atoms with van der Waals surface area (Å²) in [5.41, 5.74) is 1.00. The Hall–Kier alpha value is -1.86. The first-order chi connectivity index (χ1) is 10.3. The fourth-order valence-corrected chi connectivity index (χ4v) is 2.56. The molecule has 0 N–H and O–H groups in total. The zero-order valence-electron chi connectivity index (χ0n) is 12.1. The SMILES string of the molecule is Cc1nc(CN2CCOC[C@@H](Cc3cnccn3)C2)no1. The standard InChI is InChI=1S/C14H19N5O2/c1-11-17-14(18-21-11)9-19-4-5-20-10-12(8-19)6-13-7-15-2-3-16-13/h2-3,7,12H,4-6,8-10H2,1H3/t12-/m0/s1. The van der Waals surface area contributed by atoms with Crippen molar-refractivity contribution >= 4 is 0 Å². The van der Waals surface area contributed by atoms with Gasteiger partial charge in [-0.25, -0.2) is 0 Å². The highest BCUT2D eigenvalue weighted by Crippen LogP contribution is 2.13. The number of rotatable bonds is 4. The molecule has 3 rings (SSSR count). The molecule has 0 saturated carbocycles. The molecule has 112 valence electrons. The van der Waals surface area contributed by atoms with Gasteiger partial charge in [-0.1, -0.05) is 5.16 Å². The van der Waals surface area contributed by atoms with Crippen LogP contribution in [0, 0.1) is 12.8 Å². The van der Waals surface area contributed by atoms with Crippen LogP contribution in [0.1, 0.15) is 17.4 Å². The average Bonchev–Trinajstić information content (AvgIpc) is 2.76. The van der Waals surface area contributed by atoms with E-state index in [1.165, 1.54) is 0 Å². The predicted molar refractivity (Wildman–Crippen MR) is 74.4 cm³/mol. The topological polar surface area (TPSA) is 77.2 Å². The second-order valence-electron chi connectivity index (χ2n) is 5.31. The van der Waals surface area contributed by atoms with E-state index in [-0.39, 0.29) is 0 Å². The van der Waals surface area contributed by atoms with Crippen LogP contribution in [-0.2, 0) is 17.7 Å². The fraction of sp³-hybridized carbons (Fsp3) is 0.571. The maximum atomic E-state index is 5.70. The van der Waals surface area contributed by atoms with E-state index in [0.29, 0.717) is 18.4 Å². The molecule has 3 heterocycles. The number of hydrogen-bond acceptors (Lipinski definition) is 7. The van der Waals surface area contributed by atoms with Crippen molar-refractivity contribution < 1.29 is 9.26 Å². The lowest BCUT2D eigenvalue weighted by molar-refractivity contribution is 0.121. The lowest BCUT2D eigenvalue weighted by Crippen LogP contribution is -2.31. The summed E-state index contributed by atoms with van der Waals surface area (Å²) >= 11 is 0. The Labute approximate surface area is 123 Å². The fourth-order valence-electron chi connectivity index (χ4n) is 2.56. The third-order valence-corrected chi connectivity index (χ3v) is 3.47. The lowest BCUT2D eigenvalue weighted by atomic mass is 10.0. The molecule has 1 fully saturated rings. The molecule has 1 aliphatic rings. The van der Waals surface area contributed by atoms with Crippen molar-refractivity contribution in [2.75, 3.05) is 26.3 Å². The van der Waals surface area contributed by atoms with Gasteiger partial charge in [0.25, 0.3) is 0 Å². The van der Waals surface area contributed by atoms with Crippen molar-refractivity contribution in [1.82, 2.24) is 25.0 Å². The van der Waals surface area contributed by atoms with Gasteiger partial charge in [0, 0.05) is 44.5 Å². The maximum absolute atomic E-state index is 5.70. The average molecular weight is 289 g/mol. The Balaban J connectivity index is 1.60. The van der Waals surface area contributed by atoms with Crippen LogP contribution in [0.4, 0.5) is 0 Å². The molecule has 0 aliphatic carbocycles. The molecule has 0 amide bonds. The highest BCUT2D eigenvalue weighted by Gasteiger charge is 2.21. The van der Waals surface area contributed by atoms with Gasteiger partial charge < -0.3 is 9.26 Å². The Kier molecular flexibility index (Phi) is 4.52. The van der Waals surface area contributed by atoms with Gasteiger partial charge >= 0.3 is 0 Å². The molecule has 1 saturated heterocycles. The van der Waals surface area contributed by atoms with E-state index in [4.69, 9.17) is 9.26 Å². The number of nitrogens with zero attached hydrogens (tertiary/aromatic N) is 5. The first-order valence-corrected chi connectivity index (χ1v) is 7.14. The van der Waals surface area contributed by atoms with E-state index in [1.54, 1.807) is 19.3 Å². The minimum atomic E-state index is 0.400. The van der Waals surface area contributed by atoms with Crippen LogP contribution in [-0.4, -0.2) is 51.3 Å². The smallest absolute Gasteiger partial charge is 0.223 e. The molecule has 2 aromatic heterocycles. The van der Waals surface area contributed by atoms with E-state index in [0.717, 1.165) is 44.2 Å². The summed E-state index contributed by atoms with van der Waals surface area (Å²) in [4.78, 5) is 15.0. The molecule has 1 atom stereocenters. The molecule has 0 spiro atoms. The van der Waals surface area contributed by atoms with Gasteiger partial charge in [-0.3, -0.25) is 14.9 Å². The first-order valence-electron chi connectivity index (χ1n) is 7.14. The molecule has 0 radical (unpaired) electrons. The number of aromatic nitrogens is 4. The molecular weight excluding hydrogens is 270 g/mol. The normalized spacial score (nSPS) is 20.3. The van der Waals surface area contributed by atoms with E-state index in [9.17, 15) is 0 Å². The van der Waals surface area contributed by atoms with Crippen molar-refractivity contribution in [1.29, 1.82) is 0 Å². The van der Waals surface area contributed by atoms with Crippen molar-refractivity contribution in [2.24, 2.45) is 5.92 Å². The molecule has 1 aliphatic heterocycles. The number of hydrogen-bond donors (Lipinski definition) is 0. The minimum Gasteiger partial charge on any atom is -0.380 e. The number of aryl methyl sites for hydroxylation is 1. The van der Waals surface area contributed by atoms with Crippen LogP contribution in [0.3, 0.4) is 0 Å². The molecule has 2 aromatic rings. The molecule has 0 aromatic carbocycles. The van der Waals surface area contributed by atoms with Crippen molar-refractivity contribution in [3.8, 4) is 0 Å². The quantitative estimate of drug-likeness (QED) is 0.826. The summed E-state index contributed by atoms with van der Waals surface area (Å²) in [6, 6.07) is 0. The van der Waals surface area contributed by atoms with Crippen molar-refractivity contribution in [3.05, 3.63) is 36.0 Å². The Bertz CT molecular complexity index is 560. The lowest BCUT2D eigenvalue weighted by Gasteiger charge is -2.21. The van der Waals surface area contributed by atoms with Gasteiger partial charge in [-0.15, -0.1) is 0 Å². The molecule has 0 bridgehead atoms. The minimum absolute atomic E-state index is 0.400. The maximum Gasteiger partial charge on any atom is 0.223 e. The summed E-state index contributed by atoms with van der Waals surface area (Å²) < 4.78 is 10.7. The second-order valence-corrected chi connectivity index (χ2v) is 5.31. The van der Waals surface area contributed by atoms with Gasteiger partial charge in [0.2, 0.25) is 5.89 Å². The van der Waals surface area contributed by atoms with E-state index in [1.807, 2.05) is 6.20 Å². The molecular formula is C14H19N5O2. The van der Waals surface area contributed by atoms with Crippen molar-refractivity contribution in [3.63, 3.8) is 0 Å². The van der Waals surface area contributed by atoms with Crippen LogP contribution in [0.2, 0.25) is 0 Å². The van der Waals surface area contributed by atoms with Crippen LogP contribution in [0.15, 0.2) is 23.1 Å². The molecule has 21 heavy (non-hydrogen) atoms. The zero-order valence-corrected chi connectivity index (χ0v) is 12.1. The largest absolute Gasteiger partial charge is 0.380 e. The molecule has 0 unspecified atom stereocenters. The first kappa shape index (κ1) is 14.1. The Morgan fingerprint density at radius 2 is 2.33 bits per heavy atom. The third-order valence-electron chi connectivity index (χ3n) is 3.47. The summed E-state index contributed by atoms with van der Waals surface area (Å²) in [6.45, 7) is 5.79. The van der Waals surface area contributed by atoms with Crippen molar-refractivity contribution in [2.45, 2.75) is 19.9 Å². The zero-order chi connectivity index (χ0) is 14.5. The van der Waals surface area contributed by atoms with Crippen LogP contribution in [0.25, 0.3) is 0 Å². The summed E-state index contributed by atoms with van der Waals surface area (Å²) in [5.74, 6) is 1.73. The summed E-state index contributed by atoms with van der Waals surface area (Å²) in [6.07, 6.45) is 6.11. The highest BCUT2D eigenvalue weighted by molar-refractivity contribution is 4.97. The van der Waals surface area contributed by atoms with Crippen LogP contribution in [0.5, 0.6) is 0 Å². The monoisotopic (exact) mass is 289 g/mol. The third kappa shape index (κ3) is 4.05. The van der Waals surface area contributed by atoms with E-state index >= 15 is 0 Å². The molecule has 7 nitrogen and oxygen atoms in total. The van der Waals surface area contributed by atoms with Gasteiger partial charge in [0.05, 0.1) is 25.5 Å². The second kappa shape index (κ2) is 6.73. The van der Waals surface area contributed by atoms with Gasteiger partial charge in [0.15, 0.2) is 5.82 Å². The van der Waals surface area contributed by atoms with Gasteiger partial charge in [0.1, 0.15) is 0 Å². The summed E-state index contributed by atoms with van der Waals surface area (Å²) in [5, 5.41) is 3.96.